The smallest absolute Gasteiger partial charge is 0.306 e. The Hall–Kier alpha value is -1.26. The second kappa shape index (κ2) is 7.10. The molecular formula is C17H19Cl2NO3. The first kappa shape index (κ1) is 16.6. The maximum Gasteiger partial charge on any atom is 0.306 e. The van der Waals surface area contributed by atoms with Crippen molar-refractivity contribution in [3.63, 3.8) is 0 Å². The van der Waals surface area contributed by atoms with E-state index < -0.39 is 5.91 Å². The standard InChI is InChI=1S/C17H19Cl2NO3/c18-13-2-1-3-14(19)17(13)20-15(21)9-23-16(22)8-12-7-10-4-5-11(12)6-10/h1-3,10-12H,4-9H2,(H,20,21)/t10-,11-,12+/m1/s1. The molecule has 23 heavy (non-hydrogen) atoms. The van der Waals surface area contributed by atoms with E-state index in [-0.39, 0.29) is 12.6 Å². The molecule has 3 rings (SSSR count). The van der Waals surface area contributed by atoms with Crippen LogP contribution in [0.3, 0.4) is 0 Å². The number of hydrogen-bond donors (Lipinski definition) is 1. The van der Waals surface area contributed by atoms with Crippen molar-refractivity contribution in [2.45, 2.75) is 32.1 Å². The normalized spacial score (nSPS) is 25.4. The van der Waals surface area contributed by atoms with E-state index in [2.05, 4.69) is 5.32 Å². The van der Waals surface area contributed by atoms with Gasteiger partial charge in [0.25, 0.3) is 5.91 Å². The minimum Gasteiger partial charge on any atom is -0.456 e. The monoisotopic (exact) mass is 355 g/mol. The molecule has 2 aliphatic rings. The van der Waals surface area contributed by atoms with Crippen LogP contribution >= 0.6 is 23.2 Å². The van der Waals surface area contributed by atoms with Gasteiger partial charge in [0.1, 0.15) is 0 Å². The Bertz CT molecular complexity index is 600. The van der Waals surface area contributed by atoms with Gasteiger partial charge in [-0.2, -0.15) is 0 Å². The van der Waals surface area contributed by atoms with Crippen molar-refractivity contribution in [3.05, 3.63) is 28.2 Å². The molecule has 0 heterocycles. The zero-order valence-electron chi connectivity index (χ0n) is 12.7. The number of carbonyl (C=O) groups excluding carboxylic acids is 2. The molecule has 4 nitrogen and oxygen atoms in total. The van der Waals surface area contributed by atoms with Gasteiger partial charge in [-0.25, -0.2) is 0 Å². The fraction of sp³-hybridized carbons (Fsp3) is 0.529. The summed E-state index contributed by atoms with van der Waals surface area (Å²) in [6.07, 6.45) is 5.33. The van der Waals surface area contributed by atoms with Gasteiger partial charge in [-0.15, -0.1) is 0 Å². The van der Waals surface area contributed by atoms with E-state index in [1.807, 2.05) is 0 Å². The number of nitrogens with one attached hydrogen (secondary N) is 1. The Kier molecular flexibility index (Phi) is 5.12. The number of esters is 1. The Balaban J connectivity index is 1.44. The SMILES string of the molecule is O=C(COC(=O)C[C@@H]1C[C@@H]2CC[C@@H]1C2)Nc1c(Cl)cccc1Cl. The van der Waals surface area contributed by atoms with Gasteiger partial charge >= 0.3 is 5.97 Å². The van der Waals surface area contributed by atoms with Crippen molar-refractivity contribution in [2.75, 3.05) is 11.9 Å². The molecule has 1 N–H and O–H groups in total. The molecule has 1 aromatic rings. The van der Waals surface area contributed by atoms with Crippen LogP contribution in [0.4, 0.5) is 5.69 Å². The second-order valence-corrected chi connectivity index (χ2v) is 7.26. The molecule has 2 bridgehead atoms. The van der Waals surface area contributed by atoms with Crippen LogP contribution in [0.2, 0.25) is 10.0 Å². The van der Waals surface area contributed by atoms with Crippen LogP contribution < -0.4 is 5.32 Å². The molecule has 1 aromatic carbocycles. The van der Waals surface area contributed by atoms with Crippen LogP contribution in [0, 0.1) is 17.8 Å². The quantitative estimate of drug-likeness (QED) is 0.801. The number of para-hydroxylation sites is 1. The third-order valence-electron chi connectivity index (χ3n) is 4.90. The first-order chi connectivity index (χ1) is 11.0. The van der Waals surface area contributed by atoms with Crippen LogP contribution in [-0.2, 0) is 14.3 Å². The lowest BCUT2D eigenvalue weighted by atomic mass is 9.86. The van der Waals surface area contributed by atoms with E-state index in [1.54, 1.807) is 18.2 Å². The van der Waals surface area contributed by atoms with E-state index in [0.29, 0.717) is 34.0 Å². The molecule has 0 aromatic heterocycles. The molecular weight excluding hydrogens is 337 g/mol. The highest BCUT2D eigenvalue weighted by molar-refractivity contribution is 6.39. The van der Waals surface area contributed by atoms with Crippen molar-refractivity contribution in [2.24, 2.45) is 17.8 Å². The highest BCUT2D eigenvalue weighted by Gasteiger charge is 2.40. The summed E-state index contributed by atoms with van der Waals surface area (Å²) in [6, 6.07) is 4.95. The minimum absolute atomic E-state index is 0.303. The lowest BCUT2D eigenvalue weighted by Gasteiger charge is -2.20. The van der Waals surface area contributed by atoms with Crippen molar-refractivity contribution in [1.29, 1.82) is 0 Å². The number of carbonyl (C=O) groups is 2. The number of benzene rings is 1. The summed E-state index contributed by atoms with van der Waals surface area (Å²) in [7, 11) is 0. The molecule has 0 spiro atoms. The number of amides is 1. The summed E-state index contributed by atoms with van der Waals surface area (Å²) < 4.78 is 5.09. The first-order valence-electron chi connectivity index (χ1n) is 7.92. The molecule has 3 atom stereocenters. The van der Waals surface area contributed by atoms with Crippen molar-refractivity contribution in [1.82, 2.24) is 0 Å². The third kappa shape index (κ3) is 3.99. The van der Waals surface area contributed by atoms with E-state index in [0.717, 1.165) is 12.3 Å². The van der Waals surface area contributed by atoms with E-state index >= 15 is 0 Å². The predicted octanol–water partition coefficient (Wildman–Crippen LogP) is 4.30. The van der Waals surface area contributed by atoms with E-state index in [4.69, 9.17) is 27.9 Å². The van der Waals surface area contributed by atoms with Crippen molar-refractivity contribution >= 4 is 40.8 Å². The topological polar surface area (TPSA) is 55.4 Å². The Morgan fingerprint density at radius 3 is 2.52 bits per heavy atom. The Morgan fingerprint density at radius 2 is 1.91 bits per heavy atom. The van der Waals surface area contributed by atoms with Crippen LogP contribution in [0.15, 0.2) is 18.2 Å². The predicted molar refractivity (Wildman–Crippen MR) is 89.6 cm³/mol. The fourth-order valence-electron chi connectivity index (χ4n) is 3.84. The van der Waals surface area contributed by atoms with Gasteiger partial charge in [-0.3, -0.25) is 9.59 Å². The number of halogens is 2. The van der Waals surface area contributed by atoms with E-state index in [1.165, 1.54) is 19.3 Å². The average molecular weight is 356 g/mol. The molecule has 0 radical (unpaired) electrons. The lowest BCUT2D eigenvalue weighted by Crippen LogP contribution is -2.23. The summed E-state index contributed by atoms with van der Waals surface area (Å²) in [5, 5.41) is 3.27. The minimum atomic E-state index is -0.443. The largest absolute Gasteiger partial charge is 0.456 e. The highest BCUT2D eigenvalue weighted by atomic mass is 35.5. The van der Waals surface area contributed by atoms with Gasteiger partial charge in [0, 0.05) is 6.42 Å². The molecule has 6 heteroatoms. The van der Waals surface area contributed by atoms with Crippen LogP contribution in [-0.4, -0.2) is 18.5 Å². The first-order valence-corrected chi connectivity index (χ1v) is 8.68. The number of ether oxygens (including phenoxy) is 1. The molecule has 2 aliphatic carbocycles. The van der Waals surface area contributed by atoms with Gasteiger partial charge in [-0.1, -0.05) is 35.7 Å². The molecule has 124 valence electrons. The molecule has 0 aliphatic heterocycles. The van der Waals surface area contributed by atoms with Gasteiger partial charge in [-0.05, 0) is 49.1 Å². The van der Waals surface area contributed by atoms with Crippen LogP contribution in [0.1, 0.15) is 32.1 Å². The Labute approximate surface area is 145 Å². The molecule has 1 amide bonds. The zero-order valence-corrected chi connectivity index (χ0v) is 14.2. The van der Waals surface area contributed by atoms with Gasteiger partial charge in [0.15, 0.2) is 6.61 Å². The lowest BCUT2D eigenvalue weighted by molar-refractivity contribution is -0.148. The summed E-state index contributed by atoms with van der Waals surface area (Å²) in [5.41, 5.74) is 0.338. The second-order valence-electron chi connectivity index (χ2n) is 6.44. The van der Waals surface area contributed by atoms with Gasteiger partial charge < -0.3 is 10.1 Å². The van der Waals surface area contributed by atoms with Crippen LogP contribution in [0.25, 0.3) is 0 Å². The summed E-state index contributed by atoms with van der Waals surface area (Å²) >= 11 is 12.0. The molecule has 2 saturated carbocycles. The van der Waals surface area contributed by atoms with Gasteiger partial charge in [0.2, 0.25) is 0 Å². The number of fused-ring (bicyclic) bond motifs is 2. The molecule has 2 fully saturated rings. The Morgan fingerprint density at radius 1 is 1.17 bits per heavy atom. The fourth-order valence-corrected chi connectivity index (χ4v) is 4.33. The number of hydrogen-bond acceptors (Lipinski definition) is 3. The van der Waals surface area contributed by atoms with E-state index in [9.17, 15) is 9.59 Å². The van der Waals surface area contributed by atoms with Gasteiger partial charge in [0.05, 0.1) is 15.7 Å². The average Bonchev–Trinajstić information content (AvgIpc) is 3.12. The van der Waals surface area contributed by atoms with Crippen molar-refractivity contribution in [3.8, 4) is 0 Å². The highest BCUT2D eigenvalue weighted by Crippen LogP contribution is 2.49. The maximum absolute atomic E-state index is 11.9. The maximum atomic E-state index is 11.9. The summed E-state index contributed by atoms with van der Waals surface area (Å²) in [4.78, 5) is 23.8. The summed E-state index contributed by atoms with van der Waals surface area (Å²) in [6.45, 7) is -0.318. The number of anilines is 1. The molecule has 0 saturated heterocycles. The number of rotatable bonds is 5. The molecule has 0 unspecified atom stereocenters. The third-order valence-corrected chi connectivity index (χ3v) is 5.53. The summed E-state index contributed by atoms with van der Waals surface area (Å²) in [5.74, 6) is 1.15. The van der Waals surface area contributed by atoms with Crippen molar-refractivity contribution < 1.29 is 14.3 Å². The zero-order chi connectivity index (χ0) is 16.4. The van der Waals surface area contributed by atoms with Crippen LogP contribution in [0.5, 0.6) is 0 Å².